The smallest absolute Gasteiger partial charge is 0.212 e. The molecule has 7 atom stereocenters. The number of aryl methyl sites for hydroxylation is 1. The van der Waals surface area contributed by atoms with E-state index in [1.165, 1.54) is 11.1 Å². The van der Waals surface area contributed by atoms with E-state index in [0.717, 1.165) is 24.6 Å². The fourth-order valence-corrected chi connectivity index (χ4v) is 5.30. The lowest BCUT2D eigenvalue weighted by Gasteiger charge is -2.39. The summed E-state index contributed by atoms with van der Waals surface area (Å²) in [7, 11) is 0. The monoisotopic (exact) mass is 438 g/mol. The molecule has 2 aliphatic heterocycles. The zero-order chi connectivity index (χ0) is 22.0. The first kappa shape index (κ1) is 23.3. The normalized spacial score (nSPS) is 34.4. The summed E-state index contributed by atoms with van der Waals surface area (Å²) in [5.41, 5.74) is 1.66. The van der Waals surface area contributed by atoms with Gasteiger partial charge in [0.15, 0.2) is 5.44 Å². The van der Waals surface area contributed by atoms with Gasteiger partial charge in [-0.3, -0.25) is 5.01 Å². The van der Waals surface area contributed by atoms with Crippen molar-refractivity contribution in [2.24, 2.45) is 11.0 Å². The lowest BCUT2D eigenvalue weighted by molar-refractivity contribution is -0.0935. The molecule has 1 aromatic rings. The molecule has 0 radical (unpaired) electrons. The Morgan fingerprint density at radius 3 is 2.27 bits per heavy atom. The predicted octanol–water partition coefficient (Wildman–Crippen LogP) is 1.37. The number of rotatable bonds is 6. The molecule has 0 aromatic heterocycles. The summed E-state index contributed by atoms with van der Waals surface area (Å²) in [5, 5.41) is 46.3. The van der Waals surface area contributed by atoms with Crippen LogP contribution in [0.1, 0.15) is 38.8 Å². The molecule has 2 unspecified atom stereocenters. The molecule has 3 rings (SSSR count). The molecular formula is C22H34N2O5S. The van der Waals surface area contributed by atoms with Crippen molar-refractivity contribution in [3.63, 3.8) is 0 Å². The van der Waals surface area contributed by atoms with Gasteiger partial charge in [-0.2, -0.15) is 0 Å². The third-order valence-electron chi connectivity index (χ3n) is 6.03. The molecule has 168 valence electrons. The van der Waals surface area contributed by atoms with Crippen molar-refractivity contribution in [2.75, 3.05) is 6.61 Å². The first-order valence-electron chi connectivity index (χ1n) is 10.7. The van der Waals surface area contributed by atoms with Crippen LogP contribution in [0.2, 0.25) is 0 Å². The molecule has 7 nitrogen and oxygen atoms in total. The molecule has 8 heteroatoms. The van der Waals surface area contributed by atoms with Crippen LogP contribution < -0.4 is 0 Å². The Labute approximate surface area is 182 Å². The number of nitrogens with zero attached hydrogens (tertiary/aromatic N) is 2. The molecule has 0 amide bonds. The molecular weight excluding hydrogens is 404 g/mol. The zero-order valence-electron chi connectivity index (χ0n) is 18.0. The highest BCUT2D eigenvalue weighted by Gasteiger charge is 2.46. The Morgan fingerprint density at radius 1 is 1.07 bits per heavy atom. The first-order valence-corrected chi connectivity index (χ1v) is 11.6. The van der Waals surface area contributed by atoms with Gasteiger partial charge in [-0.1, -0.05) is 31.2 Å². The Hall–Kier alpha value is -1.32. The average Bonchev–Trinajstić information content (AvgIpc) is 3.04. The highest BCUT2D eigenvalue weighted by Crippen LogP contribution is 2.36. The minimum atomic E-state index is -1.38. The van der Waals surface area contributed by atoms with Crippen LogP contribution in [0, 0.1) is 5.92 Å². The van der Waals surface area contributed by atoms with Crippen LogP contribution in [-0.2, 0) is 17.6 Å². The van der Waals surface area contributed by atoms with Gasteiger partial charge in [-0.05, 0) is 44.7 Å². The third-order valence-corrected chi connectivity index (χ3v) is 7.45. The molecule has 2 aliphatic rings. The van der Waals surface area contributed by atoms with Gasteiger partial charge in [0.05, 0.1) is 29.9 Å². The lowest BCUT2D eigenvalue weighted by atomic mass is 9.92. The topological polar surface area (TPSA) is 106 Å². The quantitative estimate of drug-likeness (QED) is 0.532. The molecule has 1 aromatic carbocycles. The minimum absolute atomic E-state index is 0.00996. The van der Waals surface area contributed by atoms with E-state index >= 15 is 0 Å². The van der Waals surface area contributed by atoms with Crippen molar-refractivity contribution in [1.29, 1.82) is 0 Å². The molecule has 1 fully saturated rings. The Bertz CT molecular complexity index is 727. The van der Waals surface area contributed by atoms with Crippen molar-refractivity contribution in [3.05, 3.63) is 35.4 Å². The second kappa shape index (κ2) is 9.87. The zero-order valence-corrected chi connectivity index (χ0v) is 18.9. The highest BCUT2D eigenvalue weighted by atomic mass is 32.2. The van der Waals surface area contributed by atoms with E-state index in [4.69, 9.17) is 9.84 Å². The Kier molecular flexibility index (Phi) is 7.68. The van der Waals surface area contributed by atoms with Crippen LogP contribution in [0.25, 0.3) is 0 Å². The van der Waals surface area contributed by atoms with Crippen molar-refractivity contribution in [2.45, 2.75) is 81.6 Å². The van der Waals surface area contributed by atoms with Crippen LogP contribution in [0.3, 0.4) is 0 Å². The van der Waals surface area contributed by atoms with Crippen molar-refractivity contribution >= 4 is 17.7 Å². The number of hydrogen-bond donors (Lipinski definition) is 4. The second-order valence-electron chi connectivity index (χ2n) is 8.45. The lowest BCUT2D eigenvalue weighted by Crippen LogP contribution is -2.55. The second-order valence-corrected chi connectivity index (χ2v) is 9.79. The molecule has 2 heterocycles. The van der Waals surface area contributed by atoms with Gasteiger partial charge in [0.25, 0.3) is 0 Å². The summed E-state index contributed by atoms with van der Waals surface area (Å²) in [6.07, 6.45) is -2.12. The maximum Gasteiger partial charge on any atom is 0.212 e. The van der Waals surface area contributed by atoms with Crippen LogP contribution in [0.15, 0.2) is 29.4 Å². The molecule has 4 N–H and O–H groups in total. The number of aliphatic hydroxyl groups excluding tert-OH is 4. The van der Waals surface area contributed by atoms with E-state index in [0.29, 0.717) is 5.90 Å². The van der Waals surface area contributed by atoms with Gasteiger partial charge in [0.2, 0.25) is 5.90 Å². The maximum absolute atomic E-state index is 10.5. The van der Waals surface area contributed by atoms with Gasteiger partial charge < -0.3 is 25.2 Å². The van der Waals surface area contributed by atoms with E-state index < -0.39 is 29.0 Å². The molecule has 30 heavy (non-hydrogen) atoms. The summed E-state index contributed by atoms with van der Waals surface area (Å²) >= 11 is 1.13. The van der Waals surface area contributed by atoms with Crippen LogP contribution in [0.5, 0.6) is 0 Å². The largest absolute Gasteiger partial charge is 0.462 e. The minimum Gasteiger partial charge on any atom is -0.462 e. The fourth-order valence-electron chi connectivity index (χ4n) is 4.07. The van der Waals surface area contributed by atoms with Crippen molar-refractivity contribution in [1.82, 2.24) is 5.01 Å². The molecule has 0 spiro atoms. The molecule has 1 saturated heterocycles. The Morgan fingerprint density at radius 2 is 1.70 bits per heavy atom. The summed E-state index contributed by atoms with van der Waals surface area (Å²) in [6.45, 7) is 8.07. The summed E-state index contributed by atoms with van der Waals surface area (Å²) in [6, 6.07) is 8.84. The van der Waals surface area contributed by atoms with Crippen LogP contribution >= 0.6 is 11.8 Å². The number of hydrazone groups is 1. The van der Waals surface area contributed by atoms with E-state index in [9.17, 15) is 20.4 Å². The first-order chi connectivity index (χ1) is 14.3. The number of ether oxygens (including phenoxy) is 1. The summed E-state index contributed by atoms with van der Waals surface area (Å²) < 4.78 is 6.13. The number of aliphatic hydroxyl groups is 4. The van der Waals surface area contributed by atoms with Gasteiger partial charge >= 0.3 is 0 Å². The summed E-state index contributed by atoms with van der Waals surface area (Å²) in [5.74, 6) is 0.511. The highest BCUT2D eigenvalue weighted by molar-refractivity contribution is 8.00. The number of benzene rings is 1. The third kappa shape index (κ3) is 4.78. The van der Waals surface area contributed by atoms with E-state index in [1.807, 2.05) is 5.01 Å². The predicted molar refractivity (Wildman–Crippen MR) is 118 cm³/mol. The molecule has 0 bridgehead atoms. The molecule has 0 saturated carbocycles. The van der Waals surface area contributed by atoms with Crippen LogP contribution in [-0.4, -0.2) is 79.0 Å². The van der Waals surface area contributed by atoms with Gasteiger partial charge in [0.1, 0.15) is 12.2 Å². The Balaban J connectivity index is 1.80. The average molecular weight is 439 g/mol. The fraction of sp³-hybridized carbons (Fsp3) is 0.682. The van der Waals surface area contributed by atoms with Gasteiger partial charge in [-0.25, -0.2) is 0 Å². The van der Waals surface area contributed by atoms with Gasteiger partial charge in [0, 0.05) is 6.04 Å². The van der Waals surface area contributed by atoms with E-state index in [2.05, 4.69) is 52.0 Å². The SMILES string of the molecule is CCc1ccc(CC2C(O[C@@H]3S[C@H](CO)[C@@H](O)[C@H](O)[C@H]3O)=NN(C(C)C)C2C)cc1. The van der Waals surface area contributed by atoms with Crippen molar-refractivity contribution < 1.29 is 25.2 Å². The molecule has 0 aliphatic carbocycles. The number of hydrogen-bond acceptors (Lipinski definition) is 8. The summed E-state index contributed by atoms with van der Waals surface area (Å²) in [4.78, 5) is 0. The maximum atomic E-state index is 10.5. The van der Waals surface area contributed by atoms with Gasteiger partial charge in [-0.15, -0.1) is 16.9 Å². The standard InChI is InChI=1S/C22H34N2O5S/c1-5-14-6-8-15(9-7-14)10-16-13(4)24(12(2)3)23-21(16)29-22-20(28)19(27)18(26)17(11-25)30-22/h6-9,12-13,16-20,22,25-28H,5,10-11H2,1-4H3/t13?,16?,17-,18-,19+,20-,22-/m1/s1. The van der Waals surface area contributed by atoms with E-state index in [1.54, 1.807) is 0 Å². The van der Waals surface area contributed by atoms with Crippen LogP contribution in [0.4, 0.5) is 0 Å². The van der Waals surface area contributed by atoms with E-state index in [-0.39, 0.29) is 24.6 Å². The number of thioether (sulfide) groups is 1. The van der Waals surface area contributed by atoms with Crippen molar-refractivity contribution in [3.8, 4) is 0 Å².